The van der Waals surface area contributed by atoms with Crippen LogP contribution in [0.3, 0.4) is 0 Å². The molecule has 0 saturated heterocycles. The molecule has 4 atom stereocenters. The first-order chi connectivity index (χ1) is 51.8. The number of hydrogen-bond acceptors (Lipinski definition) is 15. The van der Waals surface area contributed by atoms with Crippen LogP contribution in [0.5, 0.6) is 92.0 Å². The van der Waals surface area contributed by atoms with E-state index < -0.39 is 23.7 Å². The summed E-state index contributed by atoms with van der Waals surface area (Å²) in [5.41, 5.74) is 8.02. The maximum atomic E-state index is 14.0. The van der Waals surface area contributed by atoms with E-state index in [9.17, 15) is 33.6 Å². The SMILES string of the molecule is CCC(=O)Nc1cc2c(cc1NC(=O)CC)Oc1cc3c4cc1C(CC)c1cc5c(cc1O2)Oc1ccc(NC(=O)c2ccccc2)cc1Oc1cc2c(cc1C5CC)C(CC)c1cc(c(cc1Oc1cc(NC(=O)CC)c(NC(=O)CC)cc1O2)Oc1cc(NC(=O)CC)c(NC(=O)CC)cc1O3)C4CC. The first-order valence-corrected chi connectivity index (χ1v) is 36.8. The summed E-state index contributed by atoms with van der Waals surface area (Å²) >= 11 is 0. The molecule has 7 N–H and O–H groups in total. The highest BCUT2D eigenvalue weighted by atomic mass is 16.5. The Morgan fingerprint density at radius 3 is 0.692 bits per heavy atom. The van der Waals surface area contributed by atoms with Crippen molar-refractivity contribution in [1.29, 1.82) is 0 Å². The van der Waals surface area contributed by atoms with Gasteiger partial charge in [0.25, 0.3) is 5.91 Å². The summed E-state index contributed by atoms with van der Waals surface area (Å²) in [6.07, 6.45) is 2.51. The molecule has 5 aliphatic rings. The van der Waals surface area contributed by atoms with Gasteiger partial charge in [0, 0.05) is 185 Å². The molecule has 548 valence electrons. The Morgan fingerprint density at radius 1 is 0.243 bits per heavy atom. The van der Waals surface area contributed by atoms with E-state index in [1.807, 2.05) is 30.3 Å². The van der Waals surface area contributed by atoms with Crippen molar-refractivity contribution in [3.05, 3.63) is 184 Å². The van der Waals surface area contributed by atoms with Gasteiger partial charge in [0.2, 0.25) is 35.4 Å². The molecule has 8 bridgehead atoms. The van der Waals surface area contributed by atoms with Crippen LogP contribution in [0.4, 0.5) is 39.8 Å². The van der Waals surface area contributed by atoms with Crippen molar-refractivity contribution in [3.63, 3.8) is 0 Å². The van der Waals surface area contributed by atoms with Gasteiger partial charge < -0.3 is 75.1 Å². The van der Waals surface area contributed by atoms with Crippen molar-refractivity contribution in [2.24, 2.45) is 0 Å². The van der Waals surface area contributed by atoms with E-state index in [4.69, 9.17) is 37.9 Å². The summed E-state index contributed by atoms with van der Waals surface area (Å²) in [4.78, 5) is 95.4. The predicted molar refractivity (Wildman–Crippen MR) is 409 cm³/mol. The van der Waals surface area contributed by atoms with Crippen molar-refractivity contribution in [2.75, 3.05) is 37.2 Å². The molecule has 22 heteroatoms. The van der Waals surface area contributed by atoms with Gasteiger partial charge in [0.05, 0.1) is 34.1 Å². The van der Waals surface area contributed by atoms with Crippen LogP contribution in [0.25, 0.3) is 0 Å². The fourth-order valence-electron chi connectivity index (χ4n) is 14.4. The number of carbonyl (C=O) groups excluding carboxylic acids is 7. The third-order valence-corrected chi connectivity index (χ3v) is 20.0. The van der Waals surface area contributed by atoms with Gasteiger partial charge in [-0.2, -0.15) is 0 Å². The topological polar surface area (TPSA) is 278 Å². The van der Waals surface area contributed by atoms with E-state index in [-0.39, 0.29) is 160 Å². The van der Waals surface area contributed by atoms with Crippen molar-refractivity contribution >= 4 is 81.2 Å². The van der Waals surface area contributed by atoms with Crippen LogP contribution in [-0.2, 0) is 28.8 Å². The number of hydrogen-bond donors (Lipinski definition) is 7. The molecule has 7 amide bonds. The summed E-state index contributed by atoms with van der Waals surface area (Å²) < 4.78 is 58.9. The largest absolute Gasteiger partial charge is 0.453 e. The minimum absolute atomic E-state index is 0.108. The Balaban J connectivity index is 1.13. The second kappa shape index (κ2) is 30.0. The van der Waals surface area contributed by atoms with Gasteiger partial charge in [0.15, 0.2) is 46.0 Å². The molecule has 0 fully saturated rings. The lowest BCUT2D eigenvalue weighted by Gasteiger charge is -2.29. The number of ether oxygens (including phenoxy) is 8. The molecule has 1 aliphatic carbocycles. The van der Waals surface area contributed by atoms with Crippen molar-refractivity contribution in [1.82, 2.24) is 0 Å². The number of nitrogens with one attached hydrogen (secondary N) is 7. The summed E-state index contributed by atoms with van der Waals surface area (Å²) in [6.45, 7) is 18.7. The molecule has 9 aromatic carbocycles. The Hall–Kier alpha value is -12.3. The van der Waals surface area contributed by atoms with Crippen molar-refractivity contribution < 1.29 is 71.5 Å². The third-order valence-electron chi connectivity index (χ3n) is 20.0. The molecule has 0 radical (unpaired) electrons. The van der Waals surface area contributed by atoms with Crippen LogP contribution in [0.2, 0.25) is 0 Å². The summed E-state index contributed by atoms with van der Waals surface area (Å²) in [5, 5.41) is 21.0. The first-order valence-electron chi connectivity index (χ1n) is 36.8. The zero-order valence-electron chi connectivity index (χ0n) is 61.2. The molecular formula is C85H83N7O15. The Bertz CT molecular complexity index is 5150. The number of amides is 7. The van der Waals surface area contributed by atoms with E-state index in [2.05, 4.69) is 89.2 Å². The second-order valence-electron chi connectivity index (χ2n) is 26.8. The van der Waals surface area contributed by atoms with E-state index >= 15 is 0 Å². The fraction of sp³-hybridized carbons (Fsp3) is 0.282. The minimum Gasteiger partial charge on any atom is -0.453 e. The van der Waals surface area contributed by atoms with E-state index in [0.29, 0.717) is 111 Å². The van der Waals surface area contributed by atoms with Crippen molar-refractivity contribution in [3.8, 4) is 92.0 Å². The van der Waals surface area contributed by atoms with Crippen LogP contribution in [0.1, 0.15) is 212 Å². The van der Waals surface area contributed by atoms with E-state index in [0.717, 1.165) is 16.7 Å². The van der Waals surface area contributed by atoms with Gasteiger partial charge >= 0.3 is 0 Å². The maximum absolute atomic E-state index is 14.0. The van der Waals surface area contributed by atoms with Crippen LogP contribution < -0.4 is 75.1 Å². The lowest BCUT2D eigenvalue weighted by atomic mass is 9.77. The minimum atomic E-state index is -0.573. The maximum Gasteiger partial charge on any atom is 0.255 e. The normalized spacial score (nSPS) is 15.5. The smallest absolute Gasteiger partial charge is 0.255 e. The van der Waals surface area contributed by atoms with Crippen LogP contribution >= 0.6 is 0 Å². The highest BCUT2D eigenvalue weighted by Gasteiger charge is 2.39. The predicted octanol–water partition coefficient (Wildman–Crippen LogP) is 21.1. The average molecular weight is 1440 g/mol. The summed E-state index contributed by atoms with van der Waals surface area (Å²) in [5.74, 6) is -0.434. The standard InChI is InChI=1S/C85H83N7O15/c1-11-45-49-29-51-46(12-2)53-31-55-48(14-4)56-32-54-47(13-3)52-30-50(45)65-40-67(52)103-75-35-59(89-81(95)17-7)60(90-82(96)18-8)36-76(75)105-69(54)42-71(56)107-78-38-62(92-84(98)20-10)61(91-83(97)19-9)37-77(78)106-70(55)41-68(53)104-74-34-58(88-80(94)16-6)57(87-79(93)15-5)33-73(74)102-66(51)39-64(49)100-63-27-26-44(28-72(63)101-65)86-85(99)43-24-22-21-23-25-43/h21-42,45-48H,11-20H2,1-10H3,(H,86,99)(H,87,93)(H,88,94)(H,89,95)(H,90,96)(H,91,97)(H,92,98). The molecule has 107 heavy (non-hydrogen) atoms. The molecule has 0 aromatic heterocycles. The van der Waals surface area contributed by atoms with Crippen LogP contribution in [-0.4, -0.2) is 41.4 Å². The van der Waals surface area contributed by atoms with Gasteiger partial charge in [-0.15, -0.1) is 0 Å². The van der Waals surface area contributed by atoms with E-state index in [1.54, 1.807) is 120 Å². The van der Waals surface area contributed by atoms with Gasteiger partial charge in [0.1, 0.15) is 46.0 Å². The lowest BCUT2D eigenvalue weighted by Crippen LogP contribution is -2.15. The molecular weight excluding hydrogens is 1360 g/mol. The summed E-state index contributed by atoms with van der Waals surface area (Å²) in [7, 11) is 0. The fourth-order valence-corrected chi connectivity index (χ4v) is 14.4. The van der Waals surface area contributed by atoms with Gasteiger partial charge in [-0.3, -0.25) is 33.6 Å². The number of anilines is 7. The molecule has 9 aromatic rings. The second-order valence-corrected chi connectivity index (χ2v) is 26.8. The van der Waals surface area contributed by atoms with E-state index in [1.165, 1.54) is 0 Å². The molecule has 4 aliphatic heterocycles. The zero-order chi connectivity index (χ0) is 75.1. The first kappa shape index (κ1) is 71.7. The highest BCUT2D eigenvalue weighted by Crippen LogP contribution is 2.60. The van der Waals surface area contributed by atoms with Gasteiger partial charge in [-0.25, -0.2) is 0 Å². The number of fused-ring (bicyclic) bond motifs is 4. The highest BCUT2D eigenvalue weighted by molar-refractivity contribution is 6.05. The average Bonchev–Trinajstić information content (AvgIpc) is 1.66. The molecule has 14 rings (SSSR count). The zero-order valence-corrected chi connectivity index (χ0v) is 61.2. The molecule has 4 heterocycles. The monoisotopic (exact) mass is 1440 g/mol. The van der Waals surface area contributed by atoms with Gasteiger partial charge in [-0.1, -0.05) is 87.4 Å². The third kappa shape index (κ3) is 14.1. The molecule has 4 unspecified atom stereocenters. The quantitative estimate of drug-likeness (QED) is 0.0421. The molecule has 0 saturated carbocycles. The Morgan fingerprint density at radius 2 is 0.467 bits per heavy atom. The summed E-state index contributed by atoms with van der Waals surface area (Å²) in [6, 6.07) is 39.7. The Kier molecular flexibility index (Phi) is 20.1. The molecule has 0 spiro atoms. The van der Waals surface area contributed by atoms with Gasteiger partial charge in [-0.05, 0) is 74.2 Å². The number of rotatable bonds is 18. The van der Waals surface area contributed by atoms with Crippen molar-refractivity contribution in [2.45, 2.75) is 157 Å². The lowest BCUT2D eigenvalue weighted by molar-refractivity contribution is -0.116. The van der Waals surface area contributed by atoms with Crippen LogP contribution in [0, 0.1) is 0 Å². The van der Waals surface area contributed by atoms with Crippen LogP contribution in [0.15, 0.2) is 133 Å². The number of carbonyl (C=O) groups is 7. The number of benzene rings is 9. The Labute approximate surface area is 619 Å². The molecule has 22 nitrogen and oxygen atoms in total.